The molecule has 2 aromatic carbocycles. The Labute approximate surface area is 124 Å². The molecule has 0 aromatic heterocycles. The maximum absolute atomic E-state index is 11.7. The van der Waals surface area contributed by atoms with Crippen molar-refractivity contribution < 1.29 is 8.42 Å². The van der Waals surface area contributed by atoms with Crippen molar-refractivity contribution in [2.45, 2.75) is 18.4 Å². The minimum Gasteiger partial charge on any atom is -0.380 e. The molecule has 20 heavy (non-hydrogen) atoms. The van der Waals surface area contributed by atoms with E-state index in [9.17, 15) is 8.42 Å². The van der Waals surface area contributed by atoms with Gasteiger partial charge >= 0.3 is 0 Å². The number of benzene rings is 2. The van der Waals surface area contributed by atoms with Crippen LogP contribution in [0.5, 0.6) is 0 Å². The van der Waals surface area contributed by atoms with Gasteiger partial charge in [0.05, 0.1) is 10.6 Å². The molecule has 0 saturated carbocycles. The van der Waals surface area contributed by atoms with Crippen molar-refractivity contribution in [3.8, 4) is 0 Å². The largest absolute Gasteiger partial charge is 0.380 e. The van der Waals surface area contributed by atoms with Crippen LogP contribution in [0.3, 0.4) is 0 Å². The van der Waals surface area contributed by atoms with Crippen LogP contribution < -0.4 is 5.32 Å². The standard InChI is InChI=1S/C15H16ClNO2S/c1-11-9-13(16)8-7-12(11)10-17-14-5-3-4-6-15(14)20(2,18)19/h3-9,17H,10H2,1-2H3. The van der Waals surface area contributed by atoms with Crippen LogP contribution in [0, 0.1) is 6.92 Å². The summed E-state index contributed by atoms with van der Waals surface area (Å²) >= 11 is 5.92. The molecule has 0 amide bonds. The van der Waals surface area contributed by atoms with Gasteiger partial charge in [0.1, 0.15) is 0 Å². The molecule has 3 nitrogen and oxygen atoms in total. The summed E-state index contributed by atoms with van der Waals surface area (Å²) in [7, 11) is -3.24. The van der Waals surface area contributed by atoms with E-state index in [0.29, 0.717) is 22.2 Å². The van der Waals surface area contributed by atoms with Gasteiger partial charge in [-0.15, -0.1) is 0 Å². The topological polar surface area (TPSA) is 46.2 Å². The molecule has 0 atom stereocenters. The quantitative estimate of drug-likeness (QED) is 0.937. The summed E-state index contributed by atoms with van der Waals surface area (Å²) in [5.41, 5.74) is 2.77. The molecular formula is C15H16ClNO2S. The molecule has 0 aliphatic carbocycles. The summed E-state index contributed by atoms with van der Waals surface area (Å²) < 4.78 is 23.4. The van der Waals surface area contributed by atoms with Crippen molar-refractivity contribution in [1.82, 2.24) is 0 Å². The third kappa shape index (κ3) is 3.52. The van der Waals surface area contributed by atoms with E-state index in [1.54, 1.807) is 18.2 Å². The Morgan fingerprint density at radius 2 is 1.85 bits per heavy atom. The number of sulfone groups is 1. The number of aryl methyl sites for hydroxylation is 1. The zero-order chi connectivity index (χ0) is 14.8. The van der Waals surface area contributed by atoms with E-state index in [2.05, 4.69) is 5.32 Å². The molecular weight excluding hydrogens is 294 g/mol. The van der Waals surface area contributed by atoms with Crippen molar-refractivity contribution >= 4 is 27.1 Å². The molecule has 0 bridgehead atoms. The van der Waals surface area contributed by atoms with Gasteiger partial charge in [0.25, 0.3) is 0 Å². The highest BCUT2D eigenvalue weighted by Gasteiger charge is 2.12. The molecule has 0 radical (unpaired) electrons. The summed E-state index contributed by atoms with van der Waals surface area (Å²) in [6, 6.07) is 12.6. The Bertz CT molecular complexity index is 726. The average molecular weight is 310 g/mol. The van der Waals surface area contributed by atoms with Crippen LogP contribution in [0.1, 0.15) is 11.1 Å². The molecule has 1 N–H and O–H groups in total. The zero-order valence-electron chi connectivity index (χ0n) is 11.4. The maximum Gasteiger partial charge on any atom is 0.177 e. The number of hydrogen-bond donors (Lipinski definition) is 1. The average Bonchev–Trinajstić information content (AvgIpc) is 2.37. The minimum absolute atomic E-state index is 0.312. The van der Waals surface area contributed by atoms with E-state index >= 15 is 0 Å². The lowest BCUT2D eigenvalue weighted by atomic mass is 10.1. The SMILES string of the molecule is Cc1cc(Cl)ccc1CNc1ccccc1S(C)(=O)=O. The smallest absolute Gasteiger partial charge is 0.177 e. The van der Waals surface area contributed by atoms with E-state index in [4.69, 9.17) is 11.6 Å². The summed E-state index contributed by atoms with van der Waals surface area (Å²) in [4.78, 5) is 0.312. The molecule has 0 unspecified atom stereocenters. The maximum atomic E-state index is 11.7. The number of anilines is 1. The molecule has 0 aliphatic heterocycles. The normalized spacial score (nSPS) is 11.3. The fourth-order valence-electron chi connectivity index (χ4n) is 1.98. The second kappa shape index (κ2) is 5.85. The van der Waals surface area contributed by atoms with Crippen LogP contribution in [-0.4, -0.2) is 14.7 Å². The molecule has 5 heteroatoms. The van der Waals surface area contributed by atoms with Gasteiger partial charge in [0, 0.05) is 17.8 Å². The Balaban J connectivity index is 2.24. The second-order valence-corrected chi connectivity index (χ2v) is 7.11. The van der Waals surface area contributed by atoms with Crippen LogP contribution in [0.25, 0.3) is 0 Å². The van der Waals surface area contributed by atoms with E-state index in [-0.39, 0.29) is 0 Å². The molecule has 0 aliphatic rings. The number of halogens is 1. The summed E-state index contributed by atoms with van der Waals surface area (Å²) in [6.07, 6.45) is 1.21. The third-order valence-corrected chi connectivity index (χ3v) is 4.45. The van der Waals surface area contributed by atoms with E-state index in [1.807, 2.05) is 31.2 Å². The predicted octanol–water partition coefficient (Wildman–Crippen LogP) is 3.66. The molecule has 0 spiro atoms. The Morgan fingerprint density at radius 1 is 1.15 bits per heavy atom. The predicted molar refractivity (Wildman–Crippen MR) is 83.1 cm³/mol. The molecule has 0 saturated heterocycles. The number of nitrogens with one attached hydrogen (secondary N) is 1. The van der Waals surface area contributed by atoms with Gasteiger partial charge in [-0.25, -0.2) is 8.42 Å². The molecule has 0 heterocycles. The first-order valence-corrected chi connectivity index (χ1v) is 8.43. The van der Waals surface area contributed by atoms with Crippen LogP contribution in [0.4, 0.5) is 5.69 Å². The van der Waals surface area contributed by atoms with Crippen LogP contribution in [0.15, 0.2) is 47.4 Å². The van der Waals surface area contributed by atoms with Crippen molar-refractivity contribution in [2.24, 2.45) is 0 Å². The first-order chi connectivity index (χ1) is 9.38. The highest BCUT2D eigenvalue weighted by molar-refractivity contribution is 7.90. The Morgan fingerprint density at radius 3 is 2.50 bits per heavy atom. The molecule has 0 fully saturated rings. The van der Waals surface area contributed by atoms with E-state index in [1.165, 1.54) is 6.26 Å². The minimum atomic E-state index is -3.24. The van der Waals surface area contributed by atoms with Gasteiger partial charge < -0.3 is 5.32 Å². The molecule has 2 rings (SSSR count). The van der Waals surface area contributed by atoms with Crippen LogP contribution in [0.2, 0.25) is 5.02 Å². The fraction of sp³-hybridized carbons (Fsp3) is 0.200. The highest BCUT2D eigenvalue weighted by Crippen LogP contribution is 2.22. The van der Waals surface area contributed by atoms with Crippen LogP contribution >= 0.6 is 11.6 Å². The number of rotatable bonds is 4. The van der Waals surface area contributed by atoms with E-state index < -0.39 is 9.84 Å². The van der Waals surface area contributed by atoms with Crippen molar-refractivity contribution in [3.05, 3.63) is 58.6 Å². The van der Waals surface area contributed by atoms with Crippen molar-refractivity contribution in [2.75, 3.05) is 11.6 Å². The van der Waals surface area contributed by atoms with Crippen LogP contribution in [-0.2, 0) is 16.4 Å². The zero-order valence-corrected chi connectivity index (χ0v) is 12.9. The van der Waals surface area contributed by atoms with Gasteiger partial charge in [-0.3, -0.25) is 0 Å². The second-order valence-electron chi connectivity index (χ2n) is 4.69. The van der Waals surface area contributed by atoms with Crippen molar-refractivity contribution in [1.29, 1.82) is 0 Å². The monoisotopic (exact) mass is 309 g/mol. The lowest BCUT2D eigenvalue weighted by molar-refractivity contribution is 0.602. The molecule has 2 aromatic rings. The van der Waals surface area contributed by atoms with Gasteiger partial charge in [-0.1, -0.05) is 29.8 Å². The first kappa shape index (κ1) is 14.9. The Hall–Kier alpha value is -1.52. The van der Waals surface area contributed by atoms with Gasteiger partial charge in [0.2, 0.25) is 0 Å². The van der Waals surface area contributed by atoms with E-state index in [0.717, 1.165) is 11.1 Å². The lowest BCUT2D eigenvalue weighted by Crippen LogP contribution is -2.06. The highest BCUT2D eigenvalue weighted by atomic mass is 35.5. The van der Waals surface area contributed by atoms with Gasteiger partial charge in [0.15, 0.2) is 9.84 Å². The number of para-hydroxylation sites is 1. The molecule has 106 valence electrons. The summed E-state index contributed by atoms with van der Waals surface area (Å²) in [5.74, 6) is 0. The van der Waals surface area contributed by atoms with Gasteiger partial charge in [-0.2, -0.15) is 0 Å². The first-order valence-electron chi connectivity index (χ1n) is 6.16. The third-order valence-electron chi connectivity index (χ3n) is 3.06. The summed E-state index contributed by atoms with van der Waals surface area (Å²) in [5, 5.41) is 3.87. The van der Waals surface area contributed by atoms with Gasteiger partial charge in [-0.05, 0) is 42.3 Å². The fourth-order valence-corrected chi connectivity index (χ4v) is 3.08. The number of hydrogen-bond acceptors (Lipinski definition) is 3. The lowest BCUT2D eigenvalue weighted by Gasteiger charge is -2.12. The summed E-state index contributed by atoms with van der Waals surface area (Å²) in [6.45, 7) is 2.53. The Kier molecular flexibility index (Phi) is 4.35. The van der Waals surface area contributed by atoms with Crippen molar-refractivity contribution in [3.63, 3.8) is 0 Å².